The molecule has 4 nitrogen and oxygen atoms in total. The summed E-state index contributed by atoms with van der Waals surface area (Å²) in [6.45, 7) is 5.05. The Balaban J connectivity index is 2.06. The van der Waals surface area contributed by atoms with Gasteiger partial charge in [0.25, 0.3) is 0 Å². The van der Waals surface area contributed by atoms with Gasteiger partial charge in [-0.3, -0.25) is 0 Å². The highest BCUT2D eigenvalue weighted by molar-refractivity contribution is 4.99. The molecule has 2 rings (SSSR count). The summed E-state index contributed by atoms with van der Waals surface area (Å²) < 4.78 is 2.07. The molecule has 1 aromatic rings. The fourth-order valence-electron chi connectivity index (χ4n) is 2.38. The van der Waals surface area contributed by atoms with Gasteiger partial charge in [-0.1, -0.05) is 6.92 Å². The molecular formula is C12H21N3O. The molecule has 90 valence electrons. The molecule has 16 heavy (non-hydrogen) atoms. The molecule has 2 heterocycles. The van der Waals surface area contributed by atoms with Crippen LogP contribution in [-0.4, -0.2) is 27.7 Å². The highest BCUT2D eigenvalue weighted by Crippen LogP contribution is 2.26. The van der Waals surface area contributed by atoms with Gasteiger partial charge in [0.1, 0.15) is 11.9 Å². The Hall–Kier alpha value is -0.870. The van der Waals surface area contributed by atoms with Crippen LogP contribution in [0.4, 0.5) is 0 Å². The maximum atomic E-state index is 10.3. The van der Waals surface area contributed by atoms with Crippen LogP contribution < -0.4 is 5.32 Å². The monoisotopic (exact) mass is 223 g/mol. The van der Waals surface area contributed by atoms with E-state index in [1.165, 1.54) is 0 Å². The standard InChI is InChI=1S/C12H21N3O/c1-2-7-15-8-6-14-12(15)11(16)10-4-3-5-13-9-10/h6,8,10-11,13,16H,2-5,7,9H2,1H3. The molecule has 0 bridgehead atoms. The van der Waals surface area contributed by atoms with E-state index in [1.54, 1.807) is 6.20 Å². The molecular weight excluding hydrogens is 202 g/mol. The molecule has 2 unspecified atom stereocenters. The van der Waals surface area contributed by atoms with Gasteiger partial charge >= 0.3 is 0 Å². The second-order valence-electron chi connectivity index (χ2n) is 4.53. The summed E-state index contributed by atoms with van der Waals surface area (Å²) in [4.78, 5) is 4.30. The number of imidazole rings is 1. The molecule has 1 saturated heterocycles. The minimum absolute atomic E-state index is 0.312. The summed E-state index contributed by atoms with van der Waals surface area (Å²) in [6.07, 6.45) is 6.62. The molecule has 2 atom stereocenters. The Morgan fingerprint density at radius 1 is 1.69 bits per heavy atom. The summed E-state index contributed by atoms with van der Waals surface area (Å²) in [5.74, 6) is 1.14. The SMILES string of the molecule is CCCn1ccnc1C(O)C1CCCNC1. The first-order valence-corrected chi connectivity index (χ1v) is 6.22. The van der Waals surface area contributed by atoms with Crippen molar-refractivity contribution in [1.29, 1.82) is 0 Å². The van der Waals surface area contributed by atoms with Crippen molar-refractivity contribution in [1.82, 2.24) is 14.9 Å². The predicted molar refractivity (Wildman–Crippen MR) is 63.1 cm³/mol. The lowest BCUT2D eigenvalue weighted by Crippen LogP contribution is -2.34. The van der Waals surface area contributed by atoms with E-state index in [-0.39, 0.29) is 0 Å². The molecule has 0 aromatic carbocycles. The highest BCUT2D eigenvalue weighted by Gasteiger charge is 2.25. The van der Waals surface area contributed by atoms with E-state index in [9.17, 15) is 5.11 Å². The largest absolute Gasteiger partial charge is 0.385 e. The minimum Gasteiger partial charge on any atom is -0.385 e. The normalized spacial score (nSPS) is 23.2. The average molecular weight is 223 g/mol. The van der Waals surface area contributed by atoms with Crippen molar-refractivity contribution in [3.8, 4) is 0 Å². The van der Waals surface area contributed by atoms with Gasteiger partial charge in [-0.15, -0.1) is 0 Å². The number of aliphatic hydroxyl groups is 1. The van der Waals surface area contributed by atoms with Crippen LogP contribution in [0.3, 0.4) is 0 Å². The summed E-state index contributed by atoms with van der Waals surface area (Å²) in [6, 6.07) is 0. The Bertz CT molecular complexity index is 318. The number of nitrogens with zero attached hydrogens (tertiary/aromatic N) is 2. The van der Waals surface area contributed by atoms with Crippen molar-refractivity contribution in [2.24, 2.45) is 5.92 Å². The van der Waals surface area contributed by atoms with Crippen LogP contribution >= 0.6 is 0 Å². The highest BCUT2D eigenvalue weighted by atomic mass is 16.3. The Labute approximate surface area is 96.7 Å². The van der Waals surface area contributed by atoms with Crippen LogP contribution in [0.2, 0.25) is 0 Å². The third-order valence-electron chi connectivity index (χ3n) is 3.26. The second-order valence-corrected chi connectivity index (χ2v) is 4.53. The van der Waals surface area contributed by atoms with Gasteiger partial charge in [-0.25, -0.2) is 4.98 Å². The van der Waals surface area contributed by atoms with E-state index in [0.717, 1.165) is 44.7 Å². The number of nitrogens with one attached hydrogen (secondary N) is 1. The molecule has 1 fully saturated rings. The smallest absolute Gasteiger partial charge is 0.137 e. The van der Waals surface area contributed by atoms with Gasteiger partial charge in [0.15, 0.2) is 0 Å². The summed E-state index contributed by atoms with van der Waals surface area (Å²) in [7, 11) is 0. The van der Waals surface area contributed by atoms with E-state index < -0.39 is 6.10 Å². The molecule has 0 amide bonds. The number of piperidine rings is 1. The lowest BCUT2D eigenvalue weighted by Gasteiger charge is -2.27. The van der Waals surface area contributed by atoms with Crippen molar-refractivity contribution >= 4 is 0 Å². The van der Waals surface area contributed by atoms with Crippen molar-refractivity contribution in [3.05, 3.63) is 18.2 Å². The van der Waals surface area contributed by atoms with E-state index in [2.05, 4.69) is 21.8 Å². The van der Waals surface area contributed by atoms with Crippen LogP contribution in [0.15, 0.2) is 12.4 Å². The van der Waals surface area contributed by atoms with E-state index >= 15 is 0 Å². The molecule has 1 aromatic heterocycles. The molecule has 4 heteroatoms. The van der Waals surface area contributed by atoms with Crippen LogP contribution in [-0.2, 0) is 6.54 Å². The van der Waals surface area contributed by atoms with Gasteiger partial charge in [-0.05, 0) is 25.8 Å². The Morgan fingerprint density at radius 2 is 2.56 bits per heavy atom. The number of rotatable bonds is 4. The van der Waals surface area contributed by atoms with Crippen LogP contribution in [0.1, 0.15) is 38.1 Å². The average Bonchev–Trinajstić information content (AvgIpc) is 2.78. The summed E-state index contributed by atoms with van der Waals surface area (Å²) >= 11 is 0. The first-order chi connectivity index (χ1) is 7.83. The molecule has 1 aliphatic heterocycles. The molecule has 0 spiro atoms. The molecule has 0 radical (unpaired) electrons. The zero-order valence-electron chi connectivity index (χ0n) is 9.89. The minimum atomic E-state index is -0.422. The van der Waals surface area contributed by atoms with E-state index in [0.29, 0.717) is 5.92 Å². The quantitative estimate of drug-likeness (QED) is 0.809. The zero-order valence-corrected chi connectivity index (χ0v) is 9.89. The van der Waals surface area contributed by atoms with Gasteiger partial charge in [-0.2, -0.15) is 0 Å². The van der Waals surface area contributed by atoms with Crippen LogP contribution in [0, 0.1) is 5.92 Å². The van der Waals surface area contributed by atoms with Crippen molar-refractivity contribution in [3.63, 3.8) is 0 Å². The van der Waals surface area contributed by atoms with Gasteiger partial charge < -0.3 is 15.0 Å². The van der Waals surface area contributed by atoms with Crippen LogP contribution in [0.5, 0.6) is 0 Å². The zero-order chi connectivity index (χ0) is 11.4. The van der Waals surface area contributed by atoms with E-state index in [1.807, 2.05) is 6.20 Å². The topological polar surface area (TPSA) is 50.1 Å². The Morgan fingerprint density at radius 3 is 3.25 bits per heavy atom. The molecule has 1 aliphatic rings. The van der Waals surface area contributed by atoms with Gasteiger partial charge in [0, 0.05) is 31.4 Å². The molecule has 0 aliphatic carbocycles. The lowest BCUT2D eigenvalue weighted by molar-refractivity contribution is 0.0809. The maximum Gasteiger partial charge on any atom is 0.137 e. The lowest BCUT2D eigenvalue weighted by atomic mass is 9.93. The number of hydrogen-bond donors (Lipinski definition) is 2. The van der Waals surface area contributed by atoms with Crippen molar-refractivity contribution < 1.29 is 5.11 Å². The molecule has 0 saturated carbocycles. The Kier molecular flexibility index (Phi) is 3.96. The first kappa shape index (κ1) is 11.6. The van der Waals surface area contributed by atoms with Crippen molar-refractivity contribution in [2.75, 3.05) is 13.1 Å². The number of aromatic nitrogens is 2. The number of aryl methyl sites for hydroxylation is 1. The van der Waals surface area contributed by atoms with Gasteiger partial charge in [0.2, 0.25) is 0 Å². The third-order valence-corrected chi connectivity index (χ3v) is 3.26. The second kappa shape index (κ2) is 5.46. The third kappa shape index (κ3) is 2.44. The fourth-order valence-corrected chi connectivity index (χ4v) is 2.38. The van der Waals surface area contributed by atoms with E-state index in [4.69, 9.17) is 0 Å². The predicted octanol–water partition coefficient (Wildman–Crippen LogP) is 1.33. The van der Waals surface area contributed by atoms with Crippen LogP contribution in [0.25, 0.3) is 0 Å². The molecule has 2 N–H and O–H groups in total. The number of aliphatic hydroxyl groups excluding tert-OH is 1. The maximum absolute atomic E-state index is 10.3. The first-order valence-electron chi connectivity index (χ1n) is 6.22. The fraction of sp³-hybridized carbons (Fsp3) is 0.750. The van der Waals surface area contributed by atoms with Gasteiger partial charge in [0.05, 0.1) is 0 Å². The number of hydrogen-bond acceptors (Lipinski definition) is 3. The summed E-state index contributed by atoms with van der Waals surface area (Å²) in [5.41, 5.74) is 0. The van der Waals surface area contributed by atoms with Crippen molar-refractivity contribution in [2.45, 2.75) is 38.8 Å². The summed E-state index contributed by atoms with van der Waals surface area (Å²) in [5, 5.41) is 13.7.